The molecule has 0 aliphatic heterocycles. The summed E-state index contributed by atoms with van der Waals surface area (Å²) in [6.07, 6.45) is -2.39. The molecule has 1 heterocycles. The Morgan fingerprint density at radius 2 is 2.20 bits per heavy atom. The number of anilines is 1. The summed E-state index contributed by atoms with van der Waals surface area (Å²) in [6, 6.07) is 1.50. The normalized spacial score (nSPS) is 12.3. The zero-order valence-corrected chi connectivity index (χ0v) is 10.5. The fourth-order valence-electron chi connectivity index (χ4n) is 1.07. The quantitative estimate of drug-likeness (QED) is 0.400. The van der Waals surface area contributed by atoms with Gasteiger partial charge in [-0.1, -0.05) is 0 Å². The van der Waals surface area contributed by atoms with Crippen molar-refractivity contribution in [2.45, 2.75) is 12.6 Å². The molecular weight excluding hydrogens is 277 g/mol. The van der Waals surface area contributed by atoms with Crippen molar-refractivity contribution in [3.05, 3.63) is 12.3 Å². The summed E-state index contributed by atoms with van der Waals surface area (Å²) in [6.45, 7) is -0.552. The van der Waals surface area contributed by atoms with Crippen molar-refractivity contribution in [2.75, 3.05) is 25.0 Å². The molecule has 1 rings (SSSR count). The third-order valence-electron chi connectivity index (χ3n) is 1.90. The van der Waals surface area contributed by atoms with Gasteiger partial charge in [-0.25, -0.2) is 9.98 Å². The van der Waals surface area contributed by atoms with Crippen molar-refractivity contribution in [3.8, 4) is 6.01 Å². The SMILES string of the molecule is NCCCOc1nccc(NC(N)=NCC(F)(F)F)n1. The molecule has 5 N–H and O–H groups in total. The number of guanidine groups is 1. The van der Waals surface area contributed by atoms with Gasteiger partial charge < -0.3 is 21.5 Å². The molecule has 112 valence electrons. The molecule has 0 saturated carbocycles. The highest BCUT2D eigenvalue weighted by Crippen LogP contribution is 2.14. The summed E-state index contributed by atoms with van der Waals surface area (Å²) in [5.74, 6) is -0.208. The van der Waals surface area contributed by atoms with Gasteiger partial charge in [0.2, 0.25) is 0 Å². The summed E-state index contributed by atoms with van der Waals surface area (Å²) in [7, 11) is 0. The van der Waals surface area contributed by atoms with Crippen LogP contribution in [0.15, 0.2) is 17.3 Å². The van der Waals surface area contributed by atoms with Crippen molar-refractivity contribution < 1.29 is 17.9 Å². The topological polar surface area (TPSA) is 111 Å². The maximum absolute atomic E-state index is 11.9. The number of aromatic nitrogens is 2. The van der Waals surface area contributed by atoms with Crippen molar-refractivity contribution in [1.82, 2.24) is 9.97 Å². The average molecular weight is 292 g/mol. The van der Waals surface area contributed by atoms with Crippen LogP contribution in [0, 0.1) is 0 Å². The molecule has 7 nitrogen and oxygen atoms in total. The highest BCUT2D eigenvalue weighted by molar-refractivity contribution is 5.91. The molecule has 0 bridgehead atoms. The largest absolute Gasteiger partial charge is 0.463 e. The maximum Gasteiger partial charge on any atom is 0.408 e. The summed E-state index contributed by atoms with van der Waals surface area (Å²) >= 11 is 0. The minimum atomic E-state index is -4.41. The molecule has 0 saturated heterocycles. The van der Waals surface area contributed by atoms with Gasteiger partial charge in [-0.05, 0) is 19.0 Å². The standard InChI is InChI=1S/C10H15F3N6O/c11-10(12,13)6-17-8(15)18-7-2-4-16-9(19-7)20-5-1-3-14/h2,4H,1,3,5-6,14H2,(H3,15,16,17,18,19). The van der Waals surface area contributed by atoms with Crippen LogP contribution in [0.3, 0.4) is 0 Å². The van der Waals surface area contributed by atoms with Crippen LogP contribution in [0.2, 0.25) is 0 Å². The van der Waals surface area contributed by atoms with Crippen LogP contribution in [0.5, 0.6) is 6.01 Å². The molecule has 0 atom stereocenters. The molecule has 0 fully saturated rings. The number of alkyl halides is 3. The average Bonchev–Trinajstić information content (AvgIpc) is 2.36. The van der Waals surface area contributed by atoms with E-state index in [2.05, 4.69) is 20.3 Å². The fourth-order valence-corrected chi connectivity index (χ4v) is 1.07. The van der Waals surface area contributed by atoms with E-state index in [0.717, 1.165) is 0 Å². The molecule has 0 amide bonds. The fraction of sp³-hybridized carbons (Fsp3) is 0.500. The van der Waals surface area contributed by atoms with E-state index in [0.29, 0.717) is 19.6 Å². The molecular formula is C10H15F3N6O. The maximum atomic E-state index is 11.9. The molecule has 0 unspecified atom stereocenters. The van der Waals surface area contributed by atoms with Gasteiger partial charge in [0, 0.05) is 6.20 Å². The lowest BCUT2D eigenvalue weighted by Crippen LogP contribution is -2.26. The Balaban J connectivity index is 2.57. The van der Waals surface area contributed by atoms with Crippen molar-refractivity contribution >= 4 is 11.8 Å². The molecule has 0 spiro atoms. The van der Waals surface area contributed by atoms with Gasteiger partial charge in [0.15, 0.2) is 5.96 Å². The Morgan fingerprint density at radius 1 is 1.45 bits per heavy atom. The van der Waals surface area contributed by atoms with Gasteiger partial charge in [-0.3, -0.25) is 0 Å². The Kier molecular flexibility index (Phi) is 5.97. The number of hydrogen-bond donors (Lipinski definition) is 3. The van der Waals surface area contributed by atoms with Crippen molar-refractivity contribution in [2.24, 2.45) is 16.5 Å². The first-order valence-corrected chi connectivity index (χ1v) is 5.70. The summed E-state index contributed by atoms with van der Waals surface area (Å²) in [5.41, 5.74) is 10.6. The number of hydrogen-bond acceptors (Lipinski definition) is 5. The molecule has 10 heteroatoms. The second-order valence-electron chi connectivity index (χ2n) is 3.66. The van der Waals surface area contributed by atoms with Gasteiger partial charge in [-0.15, -0.1) is 0 Å². The molecule has 0 aliphatic carbocycles. The van der Waals surface area contributed by atoms with E-state index in [1.165, 1.54) is 12.3 Å². The van der Waals surface area contributed by atoms with E-state index < -0.39 is 18.7 Å². The Morgan fingerprint density at radius 3 is 2.85 bits per heavy atom. The van der Waals surface area contributed by atoms with E-state index >= 15 is 0 Å². The van der Waals surface area contributed by atoms with E-state index in [4.69, 9.17) is 16.2 Å². The smallest absolute Gasteiger partial charge is 0.408 e. The lowest BCUT2D eigenvalue weighted by molar-refractivity contribution is -0.118. The first-order valence-electron chi connectivity index (χ1n) is 5.70. The van der Waals surface area contributed by atoms with Crippen LogP contribution in [-0.4, -0.2) is 41.8 Å². The van der Waals surface area contributed by atoms with Gasteiger partial charge in [-0.2, -0.15) is 18.2 Å². The number of nitrogens with one attached hydrogen (secondary N) is 1. The third kappa shape index (κ3) is 6.73. The van der Waals surface area contributed by atoms with Gasteiger partial charge in [0.1, 0.15) is 12.4 Å². The number of rotatable bonds is 6. The van der Waals surface area contributed by atoms with Crippen LogP contribution in [0.25, 0.3) is 0 Å². The predicted octanol–water partition coefficient (Wildman–Crippen LogP) is 0.493. The first-order chi connectivity index (χ1) is 9.40. The van der Waals surface area contributed by atoms with Crippen molar-refractivity contribution in [1.29, 1.82) is 0 Å². The second-order valence-corrected chi connectivity index (χ2v) is 3.66. The zero-order chi connectivity index (χ0) is 15.0. The van der Waals surface area contributed by atoms with Gasteiger partial charge in [0.05, 0.1) is 6.61 Å². The number of ether oxygens (including phenoxy) is 1. The number of halogens is 3. The summed E-state index contributed by atoms with van der Waals surface area (Å²) in [5, 5.41) is 2.42. The summed E-state index contributed by atoms with van der Waals surface area (Å²) in [4.78, 5) is 10.9. The number of aliphatic imine (C=N–C) groups is 1. The van der Waals surface area contributed by atoms with E-state index in [-0.39, 0.29) is 11.8 Å². The van der Waals surface area contributed by atoms with Gasteiger partial charge >= 0.3 is 12.2 Å². The Bertz CT molecular complexity index is 451. The number of nitrogens with two attached hydrogens (primary N) is 2. The Labute approximate surface area is 113 Å². The molecule has 0 aromatic carbocycles. The Hall–Kier alpha value is -2.10. The molecule has 0 aliphatic rings. The monoisotopic (exact) mass is 292 g/mol. The highest BCUT2D eigenvalue weighted by Gasteiger charge is 2.26. The first kappa shape index (κ1) is 16.0. The van der Waals surface area contributed by atoms with Crippen LogP contribution in [0.1, 0.15) is 6.42 Å². The highest BCUT2D eigenvalue weighted by atomic mass is 19.4. The third-order valence-corrected chi connectivity index (χ3v) is 1.90. The van der Waals surface area contributed by atoms with Crippen molar-refractivity contribution in [3.63, 3.8) is 0 Å². The van der Waals surface area contributed by atoms with Gasteiger partial charge in [0.25, 0.3) is 0 Å². The second kappa shape index (κ2) is 7.48. The minimum Gasteiger partial charge on any atom is -0.463 e. The lowest BCUT2D eigenvalue weighted by atomic mass is 10.5. The molecule has 20 heavy (non-hydrogen) atoms. The van der Waals surface area contributed by atoms with Crippen LogP contribution < -0.4 is 21.5 Å². The van der Waals surface area contributed by atoms with E-state index in [1.807, 2.05) is 0 Å². The molecule has 1 aromatic rings. The van der Waals surface area contributed by atoms with Crippen LogP contribution in [0.4, 0.5) is 19.0 Å². The van der Waals surface area contributed by atoms with E-state index in [1.54, 1.807) is 0 Å². The lowest BCUT2D eigenvalue weighted by Gasteiger charge is -2.08. The molecule has 1 aromatic heterocycles. The van der Waals surface area contributed by atoms with Crippen LogP contribution in [-0.2, 0) is 0 Å². The van der Waals surface area contributed by atoms with E-state index in [9.17, 15) is 13.2 Å². The number of nitrogens with zero attached hydrogens (tertiary/aromatic N) is 3. The summed E-state index contributed by atoms with van der Waals surface area (Å²) < 4.78 is 41.0. The predicted molar refractivity (Wildman–Crippen MR) is 67.4 cm³/mol. The zero-order valence-electron chi connectivity index (χ0n) is 10.5. The molecule has 0 radical (unpaired) electrons. The minimum absolute atomic E-state index is 0.0760. The van der Waals surface area contributed by atoms with Crippen LogP contribution >= 0.6 is 0 Å².